The summed E-state index contributed by atoms with van der Waals surface area (Å²) in [5.74, 6) is 5.42. The molecule has 0 aromatic rings. The summed E-state index contributed by atoms with van der Waals surface area (Å²) in [6.45, 7) is 14.4. The van der Waals surface area contributed by atoms with Crippen molar-refractivity contribution in [2.45, 2.75) is 111 Å². The van der Waals surface area contributed by atoms with E-state index in [1.54, 1.807) is 5.57 Å². The van der Waals surface area contributed by atoms with E-state index in [2.05, 4.69) is 40.7 Å². The van der Waals surface area contributed by atoms with Crippen LogP contribution in [0.25, 0.3) is 0 Å². The predicted molar refractivity (Wildman–Crippen MR) is 141 cm³/mol. The Balaban J connectivity index is 1.37. The second kappa shape index (κ2) is 11.3. The van der Waals surface area contributed by atoms with Crippen LogP contribution >= 0.6 is 0 Å². The molecule has 4 unspecified atom stereocenters. The molecule has 0 radical (unpaired) electrons. The van der Waals surface area contributed by atoms with Crippen LogP contribution in [0.4, 0.5) is 0 Å². The second-order valence-electron chi connectivity index (χ2n) is 13.4. The molecular weight excluding hydrogens is 420 g/mol. The van der Waals surface area contributed by atoms with Gasteiger partial charge in [-0.15, -0.1) is 0 Å². The zero-order valence-corrected chi connectivity index (χ0v) is 23.0. The molecule has 3 saturated carbocycles. The minimum absolute atomic E-state index is 0.0923. The summed E-state index contributed by atoms with van der Waals surface area (Å²) < 4.78 is 11.6. The molecule has 0 aliphatic heterocycles. The topological polar surface area (TPSA) is 38.7 Å². The quantitative estimate of drug-likeness (QED) is 0.250. The van der Waals surface area contributed by atoms with Crippen LogP contribution in [-0.2, 0) is 9.47 Å². The summed E-state index contributed by atoms with van der Waals surface area (Å²) in [4.78, 5) is 0. The van der Waals surface area contributed by atoms with Gasteiger partial charge in [-0.3, -0.25) is 0 Å². The van der Waals surface area contributed by atoms with Crippen molar-refractivity contribution in [2.24, 2.45) is 46.3 Å². The van der Waals surface area contributed by atoms with Crippen LogP contribution in [0.1, 0.15) is 105 Å². The fourth-order valence-corrected chi connectivity index (χ4v) is 9.23. The summed E-state index contributed by atoms with van der Waals surface area (Å²) >= 11 is 0. The fourth-order valence-electron chi connectivity index (χ4n) is 9.23. The van der Waals surface area contributed by atoms with Gasteiger partial charge >= 0.3 is 0 Å². The molecule has 3 heteroatoms. The molecule has 3 nitrogen and oxygen atoms in total. The summed E-state index contributed by atoms with van der Waals surface area (Å²) in [5.41, 5.74) is 2.69. The van der Waals surface area contributed by atoms with E-state index in [0.29, 0.717) is 36.8 Å². The Morgan fingerprint density at radius 3 is 2.56 bits per heavy atom. The molecular formula is C31H54O3. The average Bonchev–Trinajstić information content (AvgIpc) is 3.16. The minimum Gasteiger partial charge on any atom is -0.394 e. The van der Waals surface area contributed by atoms with Crippen LogP contribution in [0.15, 0.2) is 11.6 Å². The van der Waals surface area contributed by atoms with Gasteiger partial charge in [-0.25, -0.2) is 0 Å². The van der Waals surface area contributed by atoms with Gasteiger partial charge in [0.2, 0.25) is 0 Å². The minimum atomic E-state index is 0.0923. The molecule has 196 valence electrons. The number of aliphatic hydroxyl groups is 1. The molecule has 0 bridgehead atoms. The van der Waals surface area contributed by atoms with Crippen molar-refractivity contribution in [1.29, 1.82) is 0 Å². The Kier molecular flexibility index (Phi) is 8.90. The van der Waals surface area contributed by atoms with E-state index >= 15 is 0 Å². The SMILES string of the molecule is CC(C)CCC[C@@H](C)[C@H]1CCC2C3CC=C4C[C@@H](OCCOCCO)CCC4(C)[C@H]3CCC21C. The Hall–Kier alpha value is -0.380. The van der Waals surface area contributed by atoms with Crippen LogP contribution < -0.4 is 0 Å². The average molecular weight is 475 g/mol. The van der Waals surface area contributed by atoms with Gasteiger partial charge in [0.25, 0.3) is 0 Å². The highest BCUT2D eigenvalue weighted by Gasteiger charge is 2.59. The predicted octanol–water partition coefficient (Wildman–Crippen LogP) is 7.42. The highest BCUT2D eigenvalue weighted by molar-refractivity contribution is 5.25. The van der Waals surface area contributed by atoms with Crippen LogP contribution in [0, 0.1) is 46.3 Å². The number of fused-ring (bicyclic) bond motifs is 5. The van der Waals surface area contributed by atoms with Gasteiger partial charge in [0.15, 0.2) is 0 Å². The molecule has 4 rings (SSSR count). The molecule has 4 aliphatic rings. The highest BCUT2D eigenvalue weighted by Crippen LogP contribution is 2.67. The van der Waals surface area contributed by atoms with Crippen LogP contribution in [0.3, 0.4) is 0 Å². The maximum absolute atomic E-state index is 8.86. The van der Waals surface area contributed by atoms with E-state index in [1.807, 2.05) is 0 Å². The molecule has 8 atom stereocenters. The Bertz CT molecular complexity index is 686. The first-order valence-corrected chi connectivity index (χ1v) is 14.8. The lowest BCUT2D eigenvalue weighted by molar-refractivity contribution is -0.0683. The monoisotopic (exact) mass is 474 g/mol. The molecule has 4 aliphatic carbocycles. The standard InChI is InChI=1S/C31H54O3/c1-22(2)7-6-8-23(3)27-11-12-28-26-10-9-24-21-25(34-20-19-33-18-17-32)13-15-30(24,4)29(26)14-16-31(27,28)5/h9,22-23,25-29,32H,6-8,10-21H2,1-5H3/t23-,25+,26?,27-,28?,29+,30?,31?/m1/s1. The molecule has 0 amide bonds. The van der Waals surface area contributed by atoms with Gasteiger partial charge in [0.05, 0.1) is 32.5 Å². The maximum Gasteiger partial charge on any atom is 0.0704 e. The van der Waals surface area contributed by atoms with Gasteiger partial charge in [0.1, 0.15) is 0 Å². The lowest BCUT2D eigenvalue weighted by Gasteiger charge is -2.58. The summed E-state index contributed by atoms with van der Waals surface area (Å²) in [6, 6.07) is 0. The first kappa shape index (κ1) is 26.7. The van der Waals surface area contributed by atoms with Gasteiger partial charge < -0.3 is 14.6 Å². The number of allylic oxidation sites excluding steroid dienone is 1. The third kappa shape index (κ3) is 5.32. The van der Waals surface area contributed by atoms with Crippen molar-refractivity contribution in [3.05, 3.63) is 11.6 Å². The normalized spacial score (nSPS) is 40.4. The highest BCUT2D eigenvalue weighted by atomic mass is 16.5. The molecule has 3 fully saturated rings. The first-order valence-electron chi connectivity index (χ1n) is 14.8. The Labute approximate surface area is 210 Å². The Morgan fingerprint density at radius 2 is 1.79 bits per heavy atom. The van der Waals surface area contributed by atoms with Gasteiger partial charge in [-0.2, -0.15) is 0 Å². The number of hydrogen-bond donors (Lipinski definition) is 1. The van der Waals surface area contributed by atoms with Crippen molar-refractivity contribution in [3.8, 4) is 0 Å². The molecule has 0 aromatic heterocycles. The lowest BCUT2D eigenvalue weighted by Crippen LogP contribution is -2.51. The van der Waals surface area contributed by atoms with E-state index in [-0.39, 0.29) is 6.61 Å². The Morgan fingerprint density at radius 1 is 0.971 bits per heavy atom. The van der Waals surface area contributed by atoms with Gasteiger partial charge in [-0.1, -0.05) is 65.5 Å². The second-order valence-corrected chi connectivity index (χ2v) is 13.4. The molecule has 1 N–H and O–H groups in total. The van der Waals surface area contributed by atoms with Crippen LogP contribution in [-0.4, -0.2) is 37.6 Å². The molecule has 34 heavy (non-hydrogen) atoms. The summed E-state index contributed by atoms with van der Waals surface area (Å²) in [7, 11) is 0. The number of ether oxygens (including phenoxy) is 2. The largest absolute Gasteiger partial charge is 0.394 e. The summed E-state index contributed by atoms with van der Waals surface area (Å²) in [6.07, 6.45) is 18.1. The van der Waals surface area contributed by atoms with E-state index in [4.69, 9.17) is 14.6 Å². The zero-order chi connectivity index (χ0) is 24.3. The van der Waals surface area contributed by atoms with Crippen molar-refractivity contribution >= 4 is 0 Å². The van der Waals surface area contributed by atoms with Gasteiger partial charge in [0, 0.05) is 0 Å². The maximum atomic E-state index is 8.86. The van der Waals surface area contributed by atoms with Crippen LogP contribution in [0.5, 0.6) is 0 Å². The van der Waals surface area contributed by atoms with Crippen molar-refractivity contribution < 1.29 is 14.6 Å². The summed E-state index contributed by atoms with van der Waals surface area (Å²) in [5, 5.41) is 8.86. The molecule has 0 heterocycles. The first-order chi connectivity index (χ1) is 16.3. The third-order valence-corrected chi connectivity index (χ3v) is 11.1. The molecule has 0 spiro atoms. The number of rotatable bonds is 11. The van der Waals surface area contributed by atoms with Crippen molar-refractivity contribution in [3.63, 3.8) is 0 Å². The zero-order valence-electron chi connectivity index (χ0n) is 23.0. The number of aliphatic hydroxyl groups excluding tert-OH is 1. The van der Waals surface area contributed by atoms with E-state index in [1.165, 1.54) is 64.2 Å². The van der Waals surface area contributed by atoms with Crippen molar-refractivity contribution in [2.75, 3.05) is 26.4 Å². The van der Waals surface area contributed by atoms with E-state index in [0.717, 1.165) is 41.9 Å². The van der Waals surface area contributed by atoms with Crippen molar-refractivity contribution in [1.82, 2.24) is 0 Å². The van der Waals surface area contributed by atoms with E-state index in [9.17, 15) is 0 Å². The fraction of sp³-hybridized carbons (Fsp3) is 0.935. The third-order valence-electron chi connectivity index (χ3n) is 11.1. The van der Waals surface area contributed by atoms with E-state index < -0.39 is 0 Å². The van der Waals surface area contributed by atoms with Crippen LogP contribution in [0.2, 0.25) is 0 Å². The molecule has 0 saturated heterocycles. The number of hydrogen-bond acceptors (Lipinski definition) is 3. The smallest absolute Gasteiger partial charge is 0.0704 e. The lowest BCUT2D eigenvalue weighted by atomic mass is 9.47. The van der Waals surface area contributed by atoms with Gasteiger partial charge in [-0.05, 0) is 97.7 Å². The molecule has 0 aromatic carbocycles.